The second-order valence-electron chi connectivity index (χ2n) is 29.5. The van der Waals surface area contributed by atoms with Gasteiger partial charge in [-0.05, 0) is 164 Å². The molecular formula is C104H80O39. The van der Waals surface area contributed by atoms with Crippen LogP contribution >= 0.6 is 0 Å². The van der Waals surface area contributed by atoms with Crippen molar-refractivity contribution in [3.05, 3.63) is 315 Å². The van der Waals surface area contributed by atoms with Crippen LogP contribution in [0, 0.1) is 0 Å². The number of carbonyl (C=O) groups is 13. The van der Waals surface area contributed by atoms with Crippen LogP contribution in [-0.2, 0) is 0 Å². The minimum Gasteiger partial charge on any atom is -0.497 e. The summed E-state index contributed by atoms with van der Waals surface area (Å²) in [5.74, 6) is -17.8. The molecule has 13 aromatic carbocycles. The molecule has 0 amide bonds. The van der Waals surface area contributed by atoms with Crippen molar-refractivity contribution < 1.29 is 186 Å². The van der Waals surface area contributed by atoms with E-state index in [1.807, 2.05) is 0 Å². The van der Waals surface area contributed by atoms with Crippen LogP contribution < -0.4 is 118 Å². The van der Waals surface area contributed by atoms with E-state index in [1.165, 1.54) is 244 Å². The monoisotopic (exact) mass is 1950 g/mol. The molecule has 730 valence electrons. The van der Waals surface area contributed by atoms with Crippen LogP contribution in [-0.4, -0.2) is 175 Å². The van der Waals surface area contributed by atoms with Crippen molar-refractivity contribution >= 4 is 77.6 Å². The lowest BCUT2D eigenvalue weighted by molar-refractivity contribution is 0.0679. The molecule has 13 aromatic rings. The minimum atomic E-state index is -1.64. The quantitative estimate of drug-likeness (QED) is 0.0277. The summed E-state index contributed by atoms with van der Waals surface area (Å²) in [5, 5.41) is 10.4. The zero-order valence-electron chi connectivity index (χ0n) is 77.6. The molecule has 39 nitrogen and oxygen atoms in total. The molecule has 0 bridgehead atoms. The van der Waals surface area contributed by atoms with Crippen molar-refractivity contribution in [3.8, 4) is 144 Å². The van der Waals surface area contributed by atoms with Gasteiger partial charge in [-0.3, -0.25) is 0 Å². The predicted octanol–water partition coefficient (Wildman–Crippen LogP) is 16.1. The summed E-state index contributed by atoms with van der Waals surface area (Å²) in [6, 6.07) is 48.7. The third-order valence-corrected chi connectivity index (χ3v) is 20.1. The number of ether oxygens (including phenoxy) is 25. The summed E-state index contributed by atoms with van der Waals surface area (Å²) < 4.78 is 138. The van der Waals surface area contributed by atoms with E-state index in [9.17, 15) is 67.4 Å². The molecule has 0 heterocycles. The molecular weight excluding hydrogens is 1870 g/mol. The third kappa shape index (κ3) is 26.2. The Labute approximate surface area is 810 Å². The molecule has 0 radical (unpaired) electrons. The SMILES string of the molecule is COc1cc(OC)cc(C(=O)Oc2cc(OC)cc(C(=O)Oc3cccc(C(=O)Oc4cc(OC(=O)c5cc(OC)cc(OC(=O)c6cc(OC)cc(OC(=O)c7cc(OC)cc(OC)c7)c6)c5)cc(C(=O)Oc5cc(OC)cc(C(=O)Oc6cc(OC(=O)c7cc(OC(=O)c8cc(OC)cc(OC)c8)cc(OC(=O)c8cc(OC)cc(OC(=O)c9cc(OC)cc(OC)c9)c8)c7)cc(C(=O)O)c6)c5)c4)c3)c2)c1. The van der Waals surface area contributed by atoms with Crippen molar-refractivity contribution in [1.82, 2.24) is 0 Å². The van der Waals surface area contributed by atoms with Gasteiger partial charge in [0.2, 0.25) is 0 Å². The smallest absolute Gasteiger partial charge is 0.343 e. The Morgan fingerprint density at radius 1 is 0.133 bits per heavy atom. The second-order valence-corrected chi connectivity index (χ2v) is 29.5. The van der Waals surface area contributed by atoms with E-state index in [2.05, 4.69) is 0 Å². The first-order valence-corrected chi connectivity index (χ1v) is 41.6. The average molecular weight is 1950 g/mol. The number of carbonyl (C=O) groups excluding carboxylic acids is 12. The highest BCUT2D eigenvalue weighted by atomic mass is 16.6. The van der Waals surface area contributed by atoms with Crippen molar-refractivity contribution in [3.63, 3.8) is 0 Å². The largest absolute Gasteiger partial charge is 0.497 e. The summed E-state index contributed by atoms with van der Waals surface area (Å²) in [6.45, 7) is 0. The zero-order valence-corrected chi connectivity index (χ0v) is 77.6. The average Bonchev–Trinajstić information content (AvgIpc) is 0.868. The van der Waals surface area contributed by atoms with E-state index in [1.54, 1.807) is 0 Å². The van der Waals surface area contributed by atoms with Crippen LogP contribution in [0.5, 0.6) is 144 Å². The molecule has 0 fully saturated rings. The predicted molar refractivity (Wildman–Crippen MR) is 495 cm³/mol. The third-order valence-electron chi connectivity index (χ3n) is 20.1. The van der Waals surface area contributed by atoms with Gasteiger partial charge in [-0.15, -0.1) is 0 Å². The topological polar surface area (TPSA) is 473 Å². The molecule has 0 aliphatic heterocycles. The molecule has 1 N–H and O–H groups in total. The Balaban J connectivity index is 0.770. The molecule has 0 aliphatic carbocycles. The molecule has 0 unspecified atom stereocenters. The number of methoxy groups -OCH3 is 13. The lowest BCUT2D eigenvalue weighted by Crippen LogP contribution is -2.15. The summed E-state index contributed by atoms with van der Waals surface area (Å²) in [4.78, 5) is 182. The Morgan fingerprint density at radius 2 is 0.238 bits per heavy atom. The Bertz CT molecular complexity index is 7100. The highest BCUT2D eigenvalue weighted by Crippen LogP contribution is 2.39. The van der Waals surface area contributed by atoms with Crippen LogP contribution in [0.3, 0.4) is 0 Å². The normalized spacial score (nSPS) is 10.5. The van der Waals surface area contributed by atoms with Crippen molar-refractivity contribution in [1.29, 1.82) is 0 Å². The standard InChI is InChI=1S/C104H80O39/c1-119-68-20-56(21-69(42-68)120-2)95(109)136-83-33-60(28-76(46-83)127-9)94(108)132-67-16-14-15-54(17-67)93(107)133-88-38-65(39-89(52-88)142-101(115)64-32-80(131-13)49-86(37-64)139-100(114)62-30-78(129-11)47-84(35-62)137-96(110)57-22-70(121-3)43-71(23-57)122-4)104(118)140-87-34-61(29-77(50-87)128-10)99(113)134-81-18-55(92(105)106)19-82(51-81)135-103(117)66-40-90(141-98(112)59-26-74(125-7)45-75(27-59)126-8)53-91(41-66)143-102(116)63-31-79(130-12)48-85(36-63)138-97(111)58-24-72(123-5)44-73(25-58)124-6/h14-53H,1-13H3,(H,105,106). The Kier molecular flexibility index (Phi) is 32.3. The summed E-state index contributed by atoms with van der Waals surface area (Å²) in [7, 11) is 17.2. The molecule has 0 saturated heterocycles. The van der Waals surface area contributed by atoms with Gasteiger partial charge in [-0.2, -0.15) is 0 Å². The van der Waals surface area contributed by atoms with Gasteiger partial charge in [-0.1, -0.05) is 6.07 Å². The lowest BCUT2D eigenvalue weighted by Gasteiger charge is -2.14. The van der Waals surface area contributed by atoms with Crippen molar-refractivity contribution in [2.45, 2.75) is 0 Å². The van der Waals surface area contributed by atoms with Gasteiger partial charge < -0.3 is 124 Å². The maximum absolute atomic E-state index is 14.8. The number of esters is 12. The van der Waals surface area contributed by atoms with Gasteiger partial charge in [0.25, 0.3) is 0 Å². The van der Waals surface area contributed by atoms with Gasteiger partial charge >= 0.3 is 77.6 Å². The zero-order chi connectivity index (χ0) is 102. The van der Waals surface area contributed by atoms with E-state index in [0.717, 1.165) is 91.0 Å². The fourth-order valence-electron chi connectivity index (χ4n) is 13.1. The molecule has 0 saturated carbocycles. The molecule has 39 heteroatoms. The first kappa shape index (κ1) is 101. The van der Waals surface area contributed by atoms with Crippen LogP contribution in [0.4, 0.5) is 0 Å². The molecule has 0 spiro atoms. The number of hydrogen-bond acceptors (Lipinski definition) is 38. The summed E-state index contributed by atoms with van der Waals surface area (Å²) >= 11 is 0. The van der Waals surface area contributed by atoms with Crippen LogP contribution in [0.2, 0.25) is 0 Å². The lowest BCUT2D eigenvalue weighted by atomic mass is 10.1. The fraction of sp³-hybridized carbons (Fsp3) is 0.125. The van der Waals surface area contributed by atoms with Gasteiger partial charge in [0.15, 0.2) is 0 Å². The minimum absolute atomic E-state index is 0.00323. The van der Waals surface area contributed by atoms with E-state index in [0.29, 0.717) is 0 Å². The number of rotatable bonds is 38. The molecule has 0 aromatic heterocycles. The maximum atomic E-state index is 14.8. The van der Waals surface area contributed by atoms with E-state index < -0.39 is 140 Å². The summed E-state index contributed by atoms with van der Waals surface area (Å²) in [5.41, 5.74) is -3.57. The van der Waals surface area contributed by atoms with Crippen molar-refractivity contribution in [2.24, 2.45) is 0 Å². The molecule has 0 aliphatic rings. The van der Waals surface area contributed by atoms with Crippen molar-refractivity contribution in [2.75, 3.05) is 92.4 Å². The Hall–Kier alpha value is -19.6. The van der Waals surface area contributed by atoms with Gasteiger partial charge in [0, 0.05) is 72.8 Å². The number of carboxylic acid groups (broad SMARTS) is 1. The number of carboxylic acids is 1. The Morgan fingerprint density at radius 3 is 0.378 bits per heavy atom. The van der Waals surface area contributed by atoms with Crippen LogP contribution in [0.15, 0.2) is 243 Å². The fourth-order valence-corrected chi connectivity index (χ4v) is 13.1. The first-order chi connectivity index (χ1) is 68.7. The number of aromatic carboxylic acids is 1. The highest BCUT2D eigenvalue weighted by molar-refractivity contribution is 6.02. The van der Waals surface area contributed by atoms with E-state index >= 15 is 0 Å². The number of benzene rings is 13. The van der Waals surface area contributed by atoms with E-state index in [4.69, 9.17) is 118 Å². The van der Waals surface area contributed by atoms with Gasteiger partial charge in [-0.25, -0.2) is 62.3 Å². The number of hydrogen-bond donors (Lipinski definition) is 1. The highest BCUT2D eigenvalue weighted by Gasteiger charge is 2.29. The first-order valence-electron chi connectivity index (χ1n) is 41.6. The van der Waals surface area contributed by atoms with Crippen LogP contribution in [0.25, 0.3) is 0 Å². The summed E-state index contributed by atoms with van der Waals surface area (Å²) in [6.07, 6.45) is 0. The maximum Gasteiger partial charge on any atom is 0.343 e. The molecule has 143 heavy (non-hydrogen) atoms. The van der Waals surface area contributed by atoms with E-state index in [-0.39, 0.29) is 154 Å². The van der Waals surface area contributed by atoms with Gasteiger partial charge in [0.05, 0.1) is 165 Å². The molecule has 13 rings (SSSR count). The molecule has 0 atom stereocenters. The van der Waals surface area contributed by atoms with Gasteiger partial charge in [0.1, 0.15) is 144 Å². The second kappa shape index (κ2) is 45.8. The van der Waals surface area contributed by atoms with Crippen LogP contribution in [0.1, 0.15) is 135 Å².